The summed E-state index contributed by atoms with van der Waals surface area (Å²) >= 11 is 5.59. The molecule has 0 heterocycles. The zero-order valence-corrected chi connectivity index (χ0v) is 8.42. The van der Waals surface area contributed by atoms with Crippen LogP contribution in [0.3, 0.4) is 0 Å². The topological polar surface area (TPSA) is 37.3 Å². The quantitative estimate of drug-likeness (QED) is 0.813. The SMILES string of the molecule is O=C(CC(O)C(F)F)c1ccc(Cl)cc1. The molecule has 15 heavy (non-hydrogen) atoms. The fourth-order valence-electron chi connectivity index (χ4n) is 1.03. The summed E-state index contributed by atoms with van der Waals surface area (Å²) in [6.45, 7) is 0. The van der Waals surface area contributed by atoms with E-state index in [4.69, 9.17) is 16.7 Å². The second-order valence-electron chi connectivity index (χ2n) is 3.04. The van der Waals surface area contributed by atoms with Crippen LogP contribution in [0.25, 0.3) is 0 Å². The van der Waals surface area contributed by atoms with Gasteiger partial charge in [0.1, 0.15) is 6.10 Å². The molecule has 0 amide bonds. The van der Waals surface area contributed by atoms with Gasteiger partial charge in [-0.15, -0.1) is 0 Å². The van der Waals surface area contributed by atoms with Crippen molar-refractivity contribution in [3.05, 3.63) is 34.9 Å². The van der Waals surface area contributed by atoms with Crippen molar-refractivity contribution in [2.24, 2.45) is 0 Å². The number of ketones is 1. The van der Waals surface area contributed by atoms with Gasteiger partial charge in [0.15, 0.2) is 5.78 Å². The fourth-order valence-corrected chi connectivity index (χ4v) is 1.16. The number of hydrogen-bond donors (Lipinski definition) is 1. The fraction of sp³-hybridized carbons (Fsp3) is 0.300. The molecule has 1 unspecified atom stereocenters. The van der Waals surface area contributed by atoms with Crippen LogP contribution in [-0.2, 0) is 0 Å². The molecule has 1 N–H and O–H groups in total. The van der Waals surface area contributed by atoms with Crippen LogP contribution < -0.4 is 0 Å². The predicted octanol–water partition coefficient (Wildman–Crippen LogP) is 2.54. The van der Waals surface area contributed by atoms with Crippen LogP contribution in [-0.4, -0.2) is 23.4 Å². The van der Waals surface area contributed by atoms with E-state index >= 15 is 0 Å². The minimum Gasteiger partial charge on any atom is -0.387 e. The Labute approximate surface area is 90.5 Å². The van der Waals surface area contributed by atoms with Crippen LogP contribution in [0.2, 0.25) is 5.02 Å². The van der Waals surface area contributed by atoms with Crippen molar-refractivity contribution in [3.63, 3.8) is 0 Å². The van der Waals surface area contributed by atoms with E-state index in [0.717, 1.165) is 0 Å². The normalized spacial score (nSPS) is 12.9. The van der Waals surface area contributed by atoms with Gasteiger partial charge in [-0.1, -0.05) is 11.6 Å². The molecule has 1 aromatic rings. The predicted molar refractivity (Wildman–Crippen MR) is 52.4 cm³/mol. The second-order valence-corrected chi connectivity index (χ2v) is 3.47. The standard InChI is InChI=1S/C10H9ClF2O2/c11-7-3-1-6(2-4-7)8(14)5-9(15)10(12)13/h1-4,9-10,15H,5H2. The van der Waals surface area contributed by atoms with Gasteiger partial charge in [0.2, 0.25) is 0 Å². The lowest BCUT2D eigenvalue weighted by molar-refractivity contribution is -0.00608. The molecule has 1 atom stereocenters. The maximum absolute atomic E-state index is 11.9. The lowest BCUT2D eigenvalue weighted by Crippen LogP contribution is -2.21. The summed E-state index contributed by atoms with van der Waals surface area (Å²) in [6, 6.07) is 5.85. The average Bonchev–Trinajstić information content (AvgIpc) is 2.18. The zero-order chi connectivity index (χ0) is 11.4. The minimum atomic E-state index is -2.90. The van der Waals surface area contributed by atoms with Gasteiger partial charge in [-0.25, -0.2) is 8.78 Å². The Hall–Kier alpha value is -1.00. The second kappa shape index (κ2) is 5.19. The Kier molecular flexibility index (Phi) is 4.17. The van der Waals surface area contributed by atoms with Gasteiger partial charge in [-0.2, -0.15) is 0 Å². The van der Waals surface area contributed by atoms with Crippen molar-refractivity contribution >= 4 is 17.4 Å². The summed E-state index contributed by atoms with van der Waals surface area (Å²) < 4.78 is 23.9. The first kappa shape index (κ1) is 12.1. The summed E-state index contributed by atoms with van der Waals surface area (Å²) in [5.74, 6) is -0.528. The van der Waals surface area contributed by atoms with E-state index in [2.05, 4.69) is 0 Å². The minimum absolute atomic E-state index is 0.263. The largest absolute Gasteiger partial charge is 0.387 e. The number of carbonyl (C=O) groups excluding carboxylic acids is 1. The number of halogens is 3. The highest BCUT2D eigenvalue weighted by Gasteiger charge is 2.21. The van der Waals surface area contributed by atoms with Gasteiger partial charge in [0, 0.05) is 17.0 Å². The van der Waals surface area contributed by atoms with Gasteiger partial charge in [-0.3, -0.25) is 4.79 Å². The summed E-state index contributed by atoms with van der Waals surface area (Å²) in [5, 5.41) is 9.28. The van der Waals surface area contributed by atoms with Crippen LogP contribution in [0.5, 0.6) is 0 Å². The summed E-state index contributed by atoms with van der Waals surface area (Å²) in [6.07, 6.45) is -5.39. The molecule has 0 spiro atoms. The van der Waals surface area contributed by atoms with E-state index in [0.29, 0.717) is 5.02 Å². The monoisotopic (exact) mass is 234 g/mol. The van der Waals surface area contributed by atoms with Crippen molar-refractivity contribution in [2.75, 3.05) is 0 Å². The summed E-state index contributed by atoms with van der Waals surface area (Å²) in [5.41, 5.74) is 0.263. The molecule has 0 saturated heterocycles. The molecule has 0 saturated carbocycles. The van der Waals surface area contributed by atoms with E-state index in [-0.39, 0.29) is 5.56 Å². The van der Waals surface area contributed by atoms with Gasteiger partial charge >= 0.3 is 0 Å². The molecule has 0 bridgehead atoms. The third-order valence-electron chi connectivity index (χ3n) is 1.85. The van der Waals surface area contributed by atoms with Crippen molar-refractivity contribution < 1.29 is 18.7 Å². The molecule has 2 nitrogen and oxygen atoms in total. The molecule has 0 aliphatic carbocycles. The summed E-state index contributed by atoms with van der Waals surface area (Å²) in [4.78, 5) is 11.3. The molecule has 1 aromatic carbocycles. The number of aliphatic hydroxyl groups excluding tert-OH is 1. The van der Waals surface area contributed by atoms with Crippen LogP contribution in [0.4, 0.5) is 8.78 Å². The first-order valence-electron chi connectivity index (χ1n) is 4.25. The van der Waals surface area contributed by atoms with Crippen molar-refractivity contribution in [2.45, 2.75) is 19.0 Å². The summed E-state index contributed by atoms with van der Waals surface area (Å²) in [7, 11) is 0. The van der Waals surface area contributed by atoms with E-state index < -0.39 is 24.7 Å². The number of carbonyl (C=O) groups is 1. The third-order valence-corrected chi connectivity index (χ3v) is 2.10. The maximum Gasteiger partial charge on any atom is 0.264 e. The van der Waals surface area contributed by atoms with Crippen molar-refractivity contribution in [3.8, 4) is 0 Å². The Bertz CT molecular complexity index is 338. The maximum atomic E-state index is 11.9. The number of rotatable bonds is 4. The highest BCUT2D eigenvalue weighted by Crippen LogP contribution is 2.13. The molecular formula is C10H9ClF2O2. The van der Waals surface area contributed by atoms with E-state index in [1.165, 1.54) is 24.3 Å². The molecule has 5 heteroatoms. The first-order chi connectivity index (χ1) is 7.00. The molecule has 1 rings (SSSR count). The Morgan fingerprint density at radius 1 is 1.33 bits per heavy atom. The number of aliphatic hydroxyl groups is 1. The highest BCUT2D eigenvalue weighted by atomic mass is 35.5. The van der Waals surface area contributed by atoms with Gasteiger partial charge in [0.05, 0.1) is 0 Å². The first-order valence-corrected chi connectivity index (χ1v) is 4.63. The van der Waals surface area contributed by atoms with Crippen molar-refractivity contribution in [1.82, 2.24) is 0 Å². The zero-order valence-electron chi connectivity index (χ0n) is 7.66. The van der Waals surface area contributed by atoms with Gasteiger partial charge in [-0.05, 0) is 24.3 Å². The van der Waals surface area contributed by atoms with Gasteiger partial charge < -0.3 is 5.11 Å². The van der Waals surface area contributed by atoms with E-state index in [1.807, 2.05) is 0 Å². The molecule has 0 fully saturated rings. The van der Waals surface area contributed by atoms with Crippen LogP contribution in [0, 0.1) is 0 Å². The molecule has 0 radical (unpaired) electrons. The lowest BCUT2D eigenvalue weighted by Gasteiger charge is -2.07. The number of alkyl halides is 2. The van der Waals surface area contributed by atoms with E-state index in [1.54, 1.807) is 0 Å². The van der Waals surface area contributed by atoms with Crippen LogP contribution >= 0.6 is 11.6 Å². The lowest BCUT2D eigenvalue weighted by atomic mass is 10.1. The van der Waals surface area contributed by atoms with Crippen molar-refractivity contribution in [1.29, 1.82) is 0 Å². The smallest absolute Gasteiger partial charge is 0.264 e. The highest BCUT2D eigenvalue weighted by molar-refractivity contribution is 6.30. The third kappa shape index (κ3) is 3.57. The van der Waals surface area contributed by atoms with Gasteiger partial charge in [0.25, 0.3) is 6.43 Å². The number of benzene rings is 1. The Morgan fingerprint density at radius 3 is 2.33 bits per heavy atom. The molecule has 0 aliphatic rings. The Morgan fingerprint density at radius 2 is 1.87 bits per heavy atom. The molecule has 0 aliphatic heterocycles. The number of hydrogen-bond acceptors (Lipinski definition) is 2. The number of Topliss-reactive ketones (excluding diaryl/α,β-unsaturated/α-hetero) is 1. The van der Waals surface area contributed by atoms with E-state index in [9.17, 15) is 13.6 Å². The van der Waals surface area contributed by atoms with Crippen LogP contribution in [0.15, 0.2) is 24.3 Å². The molecule has 82 valence electrons. The average molecular weight is 235 g/mol. The molecule has 0 aromatic heterocycles. The Balaban J connectivity index is 2.65. The van der Waals surface area contributed by atoms with Crippen LogP contribution in [0.1, 0.15) is 16.8 Å². The molecular weight excluding hydrogens is 226 g/mol.